The number of aromatic nitrogens is 2. The Morgan fingerprint density at radius 2 is 1.86 bits per heavy atom. The topological polar surface area (TPSA) is 102 Å². The molecule has 0 amide bonds. The van der Waals surface area contributed by atoms with Crippen LogP contribution in [-0.4, -0.2) is 22.5 Å². The van der Waals surface area contributed by atoms with Crippen LogP contribution in [0, 0.1) is 6.92 Å². The Morgan fingerprint density at radius 1 is 1.14 bits per heavy atom. The maximum Gasteiger partial charge on any atom is 0.338 e. The van der Waals surface area contributed by atoms with Crippen molar-refractivity contribution in [2.75, 3.05) is 23.0 Å². The van der Waals surface area contributed by atoms with E-state index in [9.17, 15) is 4.79 Å². The van der Waals surface area contributed by atoms with Gasteiger partial charge in [0, 0.05) is 16.4 Å². The molecule has 0 saturated heterocycles. The van der Waals surface area contributed by atoms with Gasteiger partial charge in [-0.05, 0) is 49.7 Å². The van der Waals surface area contributed by atoms with E-state index in [0.717, 1.165) is 11.3 Å². The van der Waals surface area contributed by atoms with E-state index in [4.69, 9.17) is 22.1 Å². The lowest BCUT2D eigenvalue weighted by molar-refractivity contribution is 0.0526. The zero-order chi connectivity index (χ0) is 20.1. The van der Waals surface area contributed by atoms with Crippen LogP contribution in [0.3, 0.4) is 0 Å². The van der Waals surface area contributed by atoms with Crippen molar-refractivity contribution in [3.8, 4) is 0 Å². The van der Waals surface area contributed by atoms with E-state index in [2.05, 4.69) is 20.6 Å². The second kappa shape index (κ2) is 8.58. The van der Waals surface area contributed by atoms with Crippen molar-refractivity contribution in [1.29, 1.82) is 0 Å². The van der Waals surface area contributed by atoms with Crippen LogP contribution in [0.15, 0.2) is 48.8 Å². The van der Waals surface area contributed by atoms with Gasteiger partial charge in [0.15, 0.2) is 11.6 Å². The Balaban J connectivity index is 1.85. The summed E-state index contributed by atoms with van der Waals surface area (Å²) in [5, 5.41) is 6.94. The molecular formula is C20H20ClN5O2. The molecule has 7 nitrogen and oxygen atoms in total. The summed E-state index contributed by atoms with van der Waals surface area (Å²) in [6.07, 6.45) is 1.40. The summed E-state index contributed by atoms with van der Waals surface area (Å²) in [5.74, 6) is 0.475. The average Bonchev–Trinajstić information content (AvgIpc) is 2.69. The fourth-order valence-electron chi connectivity index (χ4n) is 2.54. The number of hydrogen-bond acceptors (Lipinski definition) is 7. The van der Waals surface area contributed by atoms with Gasteiger partial charge in [-0.15, -0.1) is 0 Å². The van der Waals surface area contributed by atoms with Gasteiger partial charge in [0.2, 0.25) is 0 Å². The van der Waals surface area contributed by atoms with E-state index in [1.54, 1.807) is 31.2 Å². The molecule has 0 radical (unpaired) electrons. The third kappa shape index (κ3) is 4.32. The average molecular weight is 398 g/mol. The lowest BCUT2D eigenvalue weighted by atomic mass is 10.2. The first-order valence-electron chi connectivity index (χ1n) is 8.66. The zero-order valence-electron chi connectivity index (χ0n) is 15.5. The van der Waals surface area contributed by atoms with Gasteiger partial charge in [-0.1, -0.05) is 23.7 Å². The van der Waals surface area contributed by atoms with E-state index in [0.29, 0.717) is 40.2 Å². The van der Waals surface area contributed by atoms with Crippen LogP contribution in [0.1, 0.15) is 22.8 Å². The van der Waals surface area contributed by atoms with Crippen molar-refractivity contribution in [1.82, 2.24) is 9.97 Å². The number of nitrogens with one attached hydrogen (secondary N) is 2. The van der Waals surface area contributed by atoms with Crippen LogP contribution in [0.4, 0.5) is 28.7 Å². The van der Waals surface area contributed by atoms with Gasteiger partial charge >= 0.3 is 5.97 Å². The molecular weight excluding hydrogens is 378 g/mol. The minimum atomic E-state index is -0.388. The molecule has 1 heterocycles. The van der Waals surface area contributed by atoms with Crippen LogP contribution in [-0.2, 0) is 4.74 Å². The molecule has 0 spiro atoms. The van der Waals surface area contributed by atoms with Crippen molar-refractivity contribution in [2.45, 2.75) is 13.8 Å². The van der Waals surface area contributed by atoms with Crippen LogP contribution in [0.25, 0.3) is 0 Å². The van der Waals surface area contributed by atoms with Crippen molar-refractivity contribution < 1.29 is 9.53 Å². The van der Waals surface area contributed by atoms with Crippen molar-refractivity contribution >= 4 is 46.3 Å². The predicted molar refractivity (Wildman–Crippen MR) is 112 cm³/mol. The first-order chi connectivity index (χ1) is 13.5. The quantitative estimate of drug-likeness (QED) is 0.518. The lowest BCUT2D eigenvalue weighted by Crippen LogP contribution is -2.07. The first kappa shape index (κ1) is 19.4. The summed E-state index contributed by atoms with van der Waals surface area (Å²) >= 11 is 6.17. The van der Waals surface area contributed by atoms with Gasteiger partial charge < -0.3 is 21.1 Å². The number of anilines is 5. The third-order valence-electron chi connectivity index (χ3n) is 4.04. The van der Waals surface area contributed by atoms with E-state index in [-0.39, 0.29) is 5.97 Å². The van der Waals surface area contributed by atoms with E-state index in [1.807, 2.05) is 25.1 Å². The summed E-state index contributed by atoms with van der Waals surface area (Å²) in [5.41, 5.74) is 9.35. The number of nitrogen functional groups attached to an aromatic ring is 1. The molecule has 0 fully saturated rings. The van der Waals surface area contributed by atoms with Gasteiger partial charge in [-0.3, -0.25) is 0 Å². The molecule has 0 saturated carbocycles. The standard InChI is InChI=1S/C20H20ClN5O2/c1-3-28-20(27)13-6-4-7-14(10-13)25-18-17(22)19(24-11-23-18)26-16-9-5-8-15(21)12(16)2/h4-11H,3,22H2,1-2H3,(H2,23,24,25,26). The molecule has 4 N–H and O–H groups in total. The molecule has 28 heavy (non-hydrogen) atoms. The SMILES string of the molecule is CCOC(=O)c1cccc(Nc2ncnc(Nc3cccc(Cl)c3C)c2N)c1. The van der Waals surface area contributed by atoms with E-state index in [1.165, 1.54) is 6.33 Å². The van der Waals surface area contributed by atoms with Crippen molar-refractivity contribution in [3.63, 3.8) is 0 Å². The molecule has 1 aromatic heterocycles. The lowest BCUT2D eigenvalue weighted by Gasteiger charge is -2.14. The number of benzene rings is 2. The van der Waals surface area contributed by atoms with Crippen LogP contribution in [0.5, 0.6) is 0 Å². The number of carbonyl (C=O) groups is 1. The number of hydrogen-bond donors (Lipinski definition) is 3. The second-order valence-electron chi connectivity index (χ2n) is 5.95. The molecule has 8 heteroatoms. The molecule has 3 rings (SSSR count). The molecule has 144 valence electrons. The third-order valence-corrected chi connectivity index (χ3v) is 4.45. The summed E-state index contributed by atoms with van der Waals surface area (Å²) in [7, 11) is 0. The Morgan fingerprint density at radius 3 is 2.61 bits per heavy atom. The fraction of sp³-hybridized carbons (Fsp3) is 0.150. The fourth-order valence-corrected chi connectivity index (χ4v) is 2.71. The molecule has 0 aliphatic rings. The van der Waals surface area contributed by atoms with Crippen molar-refractivity contribution in [3.05, 3.63) is 64.9 Å². The van der Waals surface area contributed by atoms with Gasteiger partial charge in [0.1, 0.15) is 12.0 Å². The molecule has 0 aliphatic heterocycles. The summed E-state index contributed by atoms with van der Waals surface area (Å²) in [6.45, 7) is 3.98. The normalized spacial score (nSPS) is 10.4. The van der Waals surface area contributed by atoms with Gasteiger partial charge in [0.25, 0.3) is 0 Å². The predicted octanol–water partition coefficient (Wildman–Crippen LogP) is 4.68. The summed E-state index contributed by atoms with van der Waals surface area (Å²) in [6, 6.07) is 12.5. The number of halogens is 1. The zero-order valence-corrected chi connectivity index (χ0v) is 16.2. The minimum Gasteiger partial charge on any atom is -0.462 e. The molecule has 3 aromatic rings. The van der Waals surface area contributed by atoms with E-state index >= 15 is 0 Å². The number of esters is 1. The molecule has 2 aromatic carbocycles. The number of rotatable bonds is 6. The molecule has 0 unspecified atom stereocenters. The minimum absolute atomic E-state index is 0.313. The Labute approximate surface area is 167 Å². The van der Waals surface area contributed by atoms with Gasteiger partial charge in [-0.2, -0.15) is 0 Å². The summed E-state index contributed by atoms with van der Waals surface area (Å²) in [4.78, 5) is 20.3. The summed E-state index contributed by atoms with van der Waals surface area (Å²) < 4.78 is 5.03. The highest BCUT2D eigenvalue weighted by Crippen LogP contribution is 2.31. The highest BCUT2D eigenvalue weighted by atomic mass is 35.5. The maximum absolute atomic E-state index is 11.9. The Bertz CT molecular complexity index is 1010. The molecule has 0 aliphatic carbocycles. The van der Waals surface area contributed by atoms with E-state index < -0.39 is 0 Å². The Kier molecular flexibility index (Phi) is 5.96. The molecule has 0 atom stereocenters. The monoisotopic (exact) mass is 397 g/mol. The maximum atomic E-state index is 11.9. The van der Waals surface area contributed by atoms with Crippen LogP contribution >= 0.6 is 11.6 Å². The number of carbonyl (C=O) groups excluding carboxylic acids is 1. The molecule has 0 bridgehead atoms. The van der Waals surface area contributed by atoms with Gasteiger partial charge in [0.05, 0.1) is 12.2 Å². The number of ether oxygens (including phenoxy) is 1. The van der Waals surface area contributed by atoms with Crippen molar-refractivity contribution in [2.24, 2.45) is 0 Å². The smallest absolute Gasteiger partial charge is 0.338 e. The first-order valence-corrected chi connectivity index (χ1v) is 9.04. The number of nitrogens with two attached hydrogens (primary N) is 1. The highest BCUT2D eigenvalue weighted by molar-refractivity contribution is 6.31. The second-order valence-corrected chi connectivity index (χ2v) is 6.36. The largest absolute Gasteiger partial charge is 0.462 e. The highest BCUT2D eigenvalue weighted by Gasteiger charge is 2.12. The Hall–Kier alpha value is -3.32. The van der Waals surface area contributed by atoms with Crippen LogP contribution < -0.4 is 16.4 Å². The number of nitrogens with zero attached hydrogens (tertiary/aromatic N) is 2. The van der Waals surface area contributed by atoms with Gasteiger partial charge in [-0.25, -0.2) is 14.8 Å². The van der Waals surface area contributed by atoms with Crippen LogP contribution in [0.2, 0.25) is 5.02 Å².